The Morgan fingerprint density at radius 1 is 0.987 bits per heavy atom. The fourth-order valence-corrected chi connectivity index (χ4v) is 10.5. The molecule has 1 aliphatic carbocycles. The lowest BCUT2D eigenvalue weighted by Gasteiger charge is -2.28. The van der Waals surface area contributed by atoms with Crippen molar-refractivity contribution in [3.8, 4) is 17.6 Å². The van der Waals surface area contributed by atoms with Crippen molar-refractivity contribution in [2.75, 3.05) is 55.8 Å². The number of hydrogen-bond donors (Lipinski definition) is 9. The number of unbranched alkanes of at least 4 members (excludes halogenated alkanes) is 2. The summed E-state index contributed by atoms with van der Waals surface area (Å²) < 4.78 is 35.6. The van der Waals surface area contributed by atoms with Gasteiger partial charge in [0.2, 0.25) is 29.6 Å². The molecule has 1 saturated carbocycles. The number of primary amides is 1. The maximum absolute atomic E-state index is 14.0. The van der Waals surface area contributed by atoms with Crippen molar-refractivity contribution in [3.63, 3.8) is 0 Å². The molecular weight excluding hydrogens is 1140 g/mol. The smallest absolute Gasteiger partial charge is 0.312 e. The van der Waals surface area contributed by atoms with E-state index in [1.54, 1.807) is 55.2 Å². The number of halogens is 1. The van der Waals surface area contributed by atoms with E-state index in [1.807, 2.05) is 30.7 Å². The van der Waals surface area contributed by atoms with Gasteiger partial charge in [-0.3, -0.25) is 33.4 Å². The third-order valence-electron chi connectivity index (χ3n) is 14.2. The van der Waals surface area contributed by atoms with E-state index < -0.39 is 58.3 Å². The number of urea groups is 1. The highest BCUT2D eigenvalue weighted by molar-refractivity contribution is 7.87. The molecule has 0 bridgehead atoms. The van der Waals surface area contributed by atoms with E-state index in [9.17, 15) is 47.4 Å². The molecule has 3 aliphatic rings. The van der Waals surface area contributed by atoms with Crippen LogP contribution in [0.3, 0.4) is 0 Å². The Bertz CT molecular complexity index is 3090. The van der Waals surface area contributed by atoms with Crippen LogP contribution in [0.2, 0.25) is 0 Å². The van der Waals surface area contributed by atoms with Crippen LogP contribution >= 0.6 is 0 Å². The lowest BCUT2D eigenvalue weighted by Crippen LogP contribution is -3.00. The molecule has 7 rings (SSSR count). The Morgan fingerprint density at radius 2 is 1.71 bits per heavy atom. The van der Waals surface area contributed by atoms with Crippen LogP contribution in [0.15, 0.2) is 61.1 Å². The number of benzene rings is 2. The molecule has 0 radical (unpaired) electrons. The van der Waals surface area contributed by atoms with E-state index in [-0.39, 0.29) is 111 Å². The summed E-state index contributed by atoms with van der Waals surface area (Å²) in [7, 11) is -2.11. The van der Waals surface area contributed by atoms with Gasteiger partial charge in [0.25, 0.3) is 22.0 Å². The second-order valence-electron chi connectivity index (χ2n) is 20.2. The number of fused-ring (bicyclic) bond motifs is 2. The van der Waals surface area contributed by atoms with E-state index in [4.69, 9.17) is 21.3 Å². The highest BCUT2D eigenvalue weighted by Gasteiger charge is 2.45. The van der Waals surface area contributed by atoms with Gasteiger partial charge in [0.1, 0.15) is 24.1 Å². The zero-order valence-corrected chi connectivity index (χ0v) is 47.0. The van der Waals surface area contributed by atoms with Crippen molar-refractivity contribution < 1.29 is 80.7 Å². The summed E-state index contributed by atoms with van der Waals surface area (Å²) in [5.74, 6) is 3.72. The molecular formula is C53H69IN12O11S. The van der Waals surface area contributed by atoms with Crippen LogP contribution in [0.4, 0.5) is 22.0 Å². The number of aliphatic hydroxyl groups is 2. The van der Waals surface area contributed by atoms with Gasteiger partial charge in [-0.1, -0.05) is 55.3 Å². The topological polar surface area (TPSA) is 341 Å². The summed E-state index contributed by atoms with van der Waals surface area (Å²) in [5, 5.41) is 36.7. The number of nitrogens with one attached hydrogen (secondary N) is 4. The number of anilines is 3. The van der Waals surface area contributed by atoms with Gasteiger partial charge in [0, 0.05) is 69.2 Å². The number of imide groups is 1. The maximum Gasteiger partial charge on any atom is 0.312 e. The minimum atomic E-state index is -4.09. The number of ketones is 1. The average Bonchev–Trinajstić information content (AvgIpc) is 4.10. The number of carbonyl (C=O) groups is 6. The number of nitrogen functional groups attached to an aromatic ring is 1. The number of likely N-dealkylation sites (N-methyl/N-ethyl adjacent to an activating group) is 1. The number of aliphatic hydroxyl groups excluding tert-OH is 2. The van der Waals surface area contributed by atoms with E-state index in [0.717, 1.165) is 21.7 Å². The van der Waals surface area contributed by atoms with Crippen LogP contribution in [-0.4, -0.2) is 127 Å². The van der Waals surface area contributed by atoms with E-state index in [0.29, 0.717) is 72.4 Å². The lowest BCUT2D eigenvalue weighted by atomic mass is 9.89. The Morgan fingerprint density at radius 3 is 2.38 bits per heavy atom. The number of aromatic nitrogens is 3. The summed E-state index contributed by atoms with van der Waals surface area (Å²) in [5.41, 5.74) is 16.6. The molecule has 2 aliphatic heterocycles. The minimum absolute atomic E-state index is 0. The van der Waals surface area contributed by atoms with Crippen molar-refractivity contribution in [2.45, 2.75) is 103 Å². The van der Waals surface area contributed by atoms with Crippen LogP contribution in [0.5, 0.6) is 5.75 Å². The first-order chi connectivity index (χ1) is 36.6. The summed E-state index contributed by atoms with van der Waals surface area (Å²) in [6.07, 6.45) is 5.29. The van der Waals surface area contributed by atoms with Gasteiger partial charge in [-0.15, -0.1) is 0 Å². The first kappa shape index (κ1) is 60.5. The molecule has 23 nitrogen and oxygen atoms in total. The second-order valence-corrected chi connectivity index (χ2v) is 21.6. The SMILES string of the molecule is Cc1ccc2c(c1C#Cc1cn([C@H]3C[C@@H](CNS(N)(=O)=O)[C@@H](O)[C@H]3O)c3c1c(N)nc[n+]3Cc1ccc(NC(=O)[C@@H](CCCNC(N)=O)CC(=O)[C@H](NC(=O)CCCCCN3C(=O)C=CC3=O)C(C)C)cc1)OCCN2C.[I-]. The molecule has 0 saturated heterocycles. The molecule has 2 aromatic heterocycles. The van der Waals surface area contributed by atoms with Gasteiger partial charge in [-0.25, -0.2) is 19.2 Å². The normalized spacial score (nSPS) is 18.7. The molecule has 0 unspecified atom stereocenters. The van der Waals surface area contributed by atoms with Crippen molar-refractivity contribution >= 4 is 73.9 Å². The summed E-state index contributed by atoms with van der Waals surface area (Å²) in [6.45, 7) is 7.14. The number of aryl methyl sites for hydroxylation is 1. The van der Waals surface area contributed by atoms with Crippen LogP contribution in [0.25, 0.3) is 11.0 Å². The Kier molecular flexibility index (Phi) is 20.8. The predicted molar refractivity (Wildman–Crippen MR) is 286 cm³/mol. The summed E-state index contributed by atoms with van der Waals surface area (Å²) in [4.78, 5) is 83.9. The second kappa shape index (κ2) is 26.8. The third kappa shape index (κ3) is 15.1. The maximum atomic E-state index is 14.0. The summed E-state index contributed by atoms with van der Waals surface area (Å²) >= 11 is 0. The van der Waals surface area contributed by atoms with Gasteiger partial charge in [0.05, 0.1) is 48.2 Å². The monoisotopic (exact) mass is 1210 g/mol. The zero-order valence-electron chi connectivity index (χ0n) is 44.0. The number of Topliss-reactive ketones (excluding diaryl/α,β-unsaturated/α-hetero) is 1. The Balaban J connectivity index is 0.00000984. The number of nitrogens with two attached hydrogens (primary N) is 3. The van der Waals surface area contributed by atoms with Gasteiger partial charge in [-0.2, -0.15) is 8.42 Å². The molecule has 1 fully saturated rings. The van der Waals surface area contributed by atoms with E-state index >= 15 is 0 Å². The Hall–Kier alpha value is -6.70. The minimum Gasteiger partial charge on any atom is -1.00 e. The third-order valence-corrected chi connectivity index (χ3v) is 14.8. The number of nitrogens with zero attached hydrogens (tertiary/aromatic N) is 5. The molecule has 25 heteroatoms. The van der Waals surface area contributed by atoms with Gasteiger partial charge in [0.15, 0.2) is 11.5 Å². The van der Waals surface area contributed by atoms with Gasteiger partial charge >= 0.3 is 6.03 Å². The first-order valence-electron chi connectivity index (χ1n) is 25.7. The molecule has 78 heavy (non-hydrogen) atoms. The van der Waals surface area contributed by atoms with Crippen molar-refractivity contribution in [2.24, 2.45) is 28.6 Å². The molecule has 4 aromatic rings. The quantitative estimate of drug-likeness (QED) is 0.0130. The number of rotatable bonds is 23. The Labute approximate surface area is 470 Å². The van der Waals surface area contributed by atoms with Gasteiger partial charge in [-0.05, 0) is 74.3 Å². The average molecular weight is 1210 g/mol. The highest BCUT2D eigenvalue weighted by atomic mass is 127. The van der Waals surface area contributed by atoms with E-state index in [2.05, 4.69) is 42.4 Å². The van der Waals surface area contributed by atoms with Crippen LogP contribution < -0.4 is 75.5 Å². The van der Waals surface area contributed by atoms with Crippen LogP contribution in [0, 0.1) is 36.5 Å². The predicted octanol–water partition coefficient (Wildman–Crippen LogP) is -1.84. The van der Waals surface area contributed by atoms with Crippen molar-refractivity contribution in [1.82, 2.24) is 29.8 Å². The standard InChI is InChI=1S/C53H68N12O11S.HI/c1-31(2)46(61-42(67)10-6-5-7-22-64-43(68)19-20-44(64)69)41(66)26-34(9-8-21-57-53(55)73)51(72)60-37-15-12-33(13-16-37)28-63-30-58-50(54)45-35(14-17-38-32(3)11-18-39-49(38)76-24-23-62(39)4)29-65(52(45)63)40-25-36(47(70)48(40)71)27-59-77(56,74)75;/h11-13,15-16,18-20,29-31,34,36,40,46-48,54,59,70-71H,5-10,21-28H2,1-4H3,(H7,55,56,57,60,61,67,72,73,74,75);1H/t34-,36-,40-,46+,47+,48-;/m0./s1. The highest BCUT2D eigenvalue weighted by Crippen LogP contribution is 2.39. The van der Waals surface area contributed by atoms with Crippen LogP contribution in [0.1, 0.15) is 93.5 Å². The number of carbonyl (C=O) groups excluding carboxylic acids is 6. The fraction of sp³-hybridized carbons (Fsp3) is 0.472. The molecule has 4 heterocycles. The molecule has 12 N–H and O–H groups in total. The van der Waals surface area contributed by atoms with Gasteiger partial charge < -0.3 is 71.2 Å². The first-order valence-corrected chi connectivity index (χ1v) is 27.2. The largest absolute Gasteiger partial charge is 1.00 e. The van der Waals surface area contributed by atoms with Crippen molar-refractivity contribution in [1.29, 1.82) is 0 Å². The van der Waals surface area contributed by atoms with E-state index in [1.165, 1.54) is 12.2 Å². The molecule has 2 aromatic carbocycles. The number of hydrogen-bond acceptors (Lipinski definition) is 14. The zero-order chi connectivity index (χ0) is 55.7. The lowest BCUT2D eigenvalue weighted by molar-refractivity contribution is -0.668. The summed E-state index contributed by atoms with van der Waals surface area (Å²) in [6, 6.07) is 8.58. The molecule has 6 atom stereocenters. The van der Waals surface area contributed by atoms with Crippen molar-refractivity contribution in [3.05, 3.63) is 83.3 Å². The van der Waals surface area contributed by atoms with Crippen LogP contribution in [-0.2, 0) is 40.7 Å². The molecule has 6 amide bonds. The molecule has 420 valence electrons. The fourth-order valence-electron chi connectivity index (χ4n) is 10.0. The molecule has 0 spiro atoms. The number of ether oxygens (including phenoxy) is 1. The number of amides is 6.